The summed E-state index contributed by atoms with van der Waals surface area (Å²) in [6, 6.07) is 27.0. The van der Waals surface area contributed by atoms with Crippen molar-refractivity contribution >= 4 is 10.9 Å². The summed E-state index contributed by atoms with van der Waals surface area (Å²) in [5.41, 5.74) is 9.52. The highest BCUT2D eigenvalue weighted by atomic mass is 14.7. The molecule has 4 aliphatic rings. The van der Waals surface area contributed by atoms with Crippen LogP contribution in [0.15, 0.2) is 72.8 Å². The molecule has 8 rings (SSSR count). The predicted octanol–water partition coefficient (Wildman–Crippen LogP) is 5.72. The summed E-state index contributed by atoms with van der Waals surface area (Å²) < 4.78 is 0. The summed E-state index contributed by atoms with van der Waals surface area (Å²) in [4.78, 5) is 3.62. The van der Waals surface area contributed by atoms with Crippen LogP contribution in [0, 0.1) is 0 Å². The van der Waals surface area contributed by atoms with Crippen molar-refractivity contribution in [1.82, 2.24) is 4.98 Å². The number of aryl methyl sites for hydroxylation is 4. The Bertz CT molecular complexity index is 1000. The maximum atomic E-state index is 3.62. The fourth-order valence-corrected chi connectivity index (χ4v) is 3.91. The van der Waals surface area contributed by atoms with Gasteiger partial charge < -0.3 is 4.98 Å². The third-order valence-electron chi connectivity index (χ3n) is 5.40. The predicted molar refractivity (Wildman–Crippen MR) is 105 cm³/mol. The first-order valence-electron chi connectivity index (χ1n) is 9.13. The van der Waals surface area contributed by atoms with E-state index in [0.717, 1.165) is 25.7 Å². The molecule has 4 bridgehead atoms. The van der Waals surface area contributed by atoms with Gasteiger partial charge in [-0.2, -0.15) is 0 Å². The number of para-hydroxylation sites is 1. The van der Waals surface area contributed by atoms with E-state index in [1.165, 1.54) is 44.4 Å². The van der Waals surface area contributed by atoms with Crippen molar-refractivity contribution in [1.29, 1.82) is 0 Å². The Morgan fingerprint density at radius 2 is 1.28 bits per heavy atom. The first-order chi connectivity index (χ1) is 12.3. The van der Waals surface area contributed by atoms with E-state index in [-0.39, 0.29) is 0 Å². The molecular weight excluding hydrogens is 302 g/mol. The van der Waals surface area contributed by atoms with Gasteiger partial charge in [-0.15, -0.1) is 0 Å². The Morgan fingerprint density at radius 3 is 2.08 bits per heavy atom. The molecule has 0 saturated heterocycles. The molecule has 1 nitrogen and oxygen atoms in total. The van der Waals surface area contributed by atoms with E-state index in [2.05, 4.69) is 77.8 Å². The zero-order valence-electron chi connectivity index (χ0n) is 14.3. The molecule has 3 aromatic carbocycles. The van der Waals surface area contributed by atoms with Crippen LogP contribution in [0.4, 0.5) is 0 Å². The van der Waals surface area contributed by atoms with E-state index in [1.54, 1.807) is 0 Å². The van der Waals surface area contributed by atoms with Crippen molar-refractivity contribution in [2.75, 3.05) is 0 Å². The van der Waals surface area contributed by atoms with Crippen LogP contribution in [0.2, 0.25) is 0 Å². The highest BCUT2D eigenvalue weighted by Crippen LogP contribution is 2.30. The molecule has 0 amide bonds. The standard InChI is InChI=1S/C24H21N/c1-2-4-23-21(3-1)16-24(25-23)22-15-19-10-9-17-5-7-18(8-6-17)11-13-20(22)14-12-19/h1-8,12,14-16,25H,9-11,13H2. The van der Waals surface area contributed by atoms with E-state index < -0.39 is 0 Å². The van der Waals surface area contributed by atoms with Gasteiger partial charge in [0.1, 0.15) is 0 Å². The summed E-state index contributed by atoms with van der Waals surface area (Å²) in [6.07, 6.45) is 4.36. The Labute approximate surface area is 148 Å². The lowest BCUT2D eigenvalue weighted by molar-refractivity contribution is 0.922. The van der Waals surface area contributed by atoms with Gasteiger partial charge in [-0.05, 0) is 66.1 Å². The van der Waals surface area contributed by atoms with Gasteiger partial charge in [0.2, 0.25) is 0 Å². The number of nitrogens with one attached hydrogen (secondary N) is 1. The molecule has 4 aromatic rings. The summed E-state index contributed by atoms with van der Waals surface area (Å²) in [6.45, 7) is 0. The van der Waals surface area contributed by atoms with Gasteiger partial charge in [-0.3, -0.25) is 0 Å². The van der Waals surface area contributed by atoms with E-state index in [1.807, 2.05) is 0 Å². The third-order valence-corrected chi connectivity index (χ3v) is 5.40. The molecule has 0 unspecified atom stereocenters. The minimum Gasteiger partial charge on any atom is -0.355 e. The molecule has 1 aromatic heterocycles. The quantitative estimate of drug-likeness (QED) is 0.461. The molecule has 122 valence electrons. The molecule has 25 heavy (non-hydrogen) atoms. The van der Waals surface area contributed by atoms with Gasteiger partial charge in [-0.1, -0.05) is 54.6 Å². The lowest BCUT2D eigenvalue weighted by Crippen LogP contribution is -2.00. The molecule has 0 fully saturated rings. The van der Waals surface area contributed by atoms with Gasteiger partial charge in [-0.25, -0.2) is 0 Å². The maximum Gasteiger partial charge on any atom is 0.0467 e. The molecule has 0 aliphatic heterocycles. The Balaban J connectivity index is 1.62. The van der Waals surface area contributed by atoms with E-state index in [9.17, 15) is 0 Å². The maximum absolute atomic E-state index is 3.62. The molecule has 0 spiro atoms. The number of H-pyrrole nitrogens is 1. The van der Waals surface area contributed by atoms with Crippen LogP contribution < -0.4 is 0 Å². The average molecular weight is 323 g/mol. The smallest absolute Gasteiger partial charge is 0.0467 e. The first-order valence-corrected chi connectivity index (χ1v) is 9.13. The lowest BCUT2D eigenvalue weighted by Gasteiger charge is -2.14. The van der Waals surface area contributed by atoms with Crippen LogP contribution in [-0.2, 0) is 25.7 Å². The SMILES string of the molecule is c1ccc2[nH]c(-c3cc4ccc3CCc3ccc(cc3)CC4)cc2c1. The second kappa shape index (κ2) is 5.93. The Morgan fingerprint density at radius 1 is 0.600 bits per heavy atom. The zero-order chi connectivity index (χ0) is 16.6. The van der Waals surface area contributed by atoms with Crippen LogP contribution in [0.25, 0.3) is 22.2 Å². The minimum absolute atomic E-state index is 1.07. The number of aromatic amines is 1. The third kappa shape index (κ3) is 2.76. The second-order valence-corrected chi connectivity index (χ2v) is 7.08. The molecular formula is C24H21N. The minimum atomic E-state index is 1.07. The van der Waals surface area contributed by atoms with Crippen LogP contribution in [0.1, 0.15) is 22.3 Å². The largest absolute Gasteiger partial charge is 0.355 e. The number of aromatic nitrogens is 1. The molecule has 1 heterocycles. The van der Waals surface area contributed by atoms with E-state index in [0.29, 0.717) is 0 Å². The highest BCUT2D eigenvalue weighted by molar-refractivity contribution is 5.86. The molecule has 0 atom stereocenters. The van der Waals surface area contributed by atoms with Gasteiger partial charge in [0.15, 0.2) is 0 Å². The number of hydrogen-bond acceptors (Lipinski definition) is 0. The molecule has 4 aliphatic carbocycles. The zero-order valence-corrected chi connectivity index (χ0v) is 14.3. The first kappa shape index (κ1) is 14.5. The highest BCUT2D eigenvalue weighted by Gasteiger charge is 2.11. The number of rotatable bonds is 1. The monoisotopic (exact) mass is 323 g/mol. The van der Waals surface area contributed by atoms with Crippen LogP contribution in [0.3, 0.4) is 0 Å². The second-order valence-electron chi connectivity index (χ2n) is 7.08. The molecule has 0 saturated carbocycles. The Kier molecular flexibility index (Phi) is 3.45. The Hall–Kier alpha value is -2.80. The lowest BCUT2D eigenvalue weighted by atomic mass is 9.92. The van der Waals surface area contributed by atoms with Crippen molar-refractivity contribution in [3.05, 3.63) is 95.1 Å². The van der Waals surface area contributed by atoms with Gasteiger partial charge in [0.05, 0.1) is 0 Å². The van der Waals surface area contributed by atoms with Crippen molar-refractivity contribution in [3.8, 4) is 11.3 Å². The molecule has 0 radical (unpaired) electrons. The van der Waals surface area contributed by atoms with E-state index in [4.69, 9.17) is 0 Å². The summed E-state index contributed by atoms with van der Waals surface area (Å²) in [7, 11) is 0. The van der Waals surface area contributed by atoms with Gasteiger partial charge >= 0.3 is 0 Å². The fraction of sp³-hybridized carbons (Fsp3) is 0.167. The molecule has 1 N–H and O–H groups in total. The van der Waals surface area contributed by atoms with Crippen LogP contribution in [0.5, 0.6) is 0 Å². The number of benzene rings is 3. The van der Waals surface area contributed by atoms with Gasteiger partial charge in [0.25, 0.3) is 0 Å². The van der Waals surface area contributed by atoms with Crippen molar-refractivity contribution in [2.24, 2.45) is 0 Å². The topological polar surface area (TPSA) is 15.8 Å². The fourth-order valence-electron chi connectivity index (χ4n) is 3.91. The van der Waals surface area contributed by atoms with Gasteiger partial charge in [0, 0.05) is 22.2 Å². The van der Waals surface area contributed by atoms with E-state index >= 15 is 0 Å². The normalized spacial score (nSPS) is 13.8. The summed E-state index contributed by atoms with van der Waals surface area (Å²) in [5.74, 6) is 0. The van der Waals surface area contributed by atoms with Crippen molar-refractivity contribution in [3.63, 3.8) is 0 Å². The van der Waals surface area contributed by atoms with Crippen LogP contribution in [-0.4, -0.2) is 4.98 Å². The summed E-state index contributed by atoms with van der Waals surface area (Å²) in [5, 5.41) is 1.28. The van der Waals surface area contributed by atoms with Crippen LogP contribution >= 0.6 is 0 Å². The summed E-state index contributed by atoms with van der Waals surface area (Å²) >= 11 is 0. The molecule has 1 heteroatoms. The number of hydrogen-bond donors (Lipinski definition) is 1. The average Bonchev–Trinajstić information content (AvgIpc) is 3.08. The van der Waals surface area contributed by atoms with Crippen molar-refractivity contribution < 1.29 is 0 Å². The van der Waals surface area contributed by atoms with Crippen molar-refractivity contribution in [2.45, 2.75) is 25.7 Å². The number of fused-ring (bicyclic) bond motifs is 1.